The molecule has 0 aromatic carbocycles. The molecule has 0 aliphatic heterocycles. The Hall–Kier alpha value is -0.840. The van der Waals surface area contributed by atoms with E-state index >= 15 is 0 Å². The number of hydrogen-bond acceptors (Lipinski definition) is 4. The smallest absolute Gasteiger partial charge is 0.129 e. The maximum atomic E-state index is 8.85. The van der Waals surface area contributed by atoms with Gasteiger partial charge in [-0.3, -0.25) is 0 Å². The van der Waals surface area contributed by atoms with E-state index < -0.39 is 0 Å². The number of aliphatic hydroxyl groups is 1. The number of nitrogens with one attached hydrogen (secondary N) is 1. The zero-order chi connectivity index (χ0) is 11.4. The van der Waals surface area contributed by atoms with Crippen LogP contribution in [0.2, 0.25) is 0 Å². The fourth-order valence-electron chi connectivity index (χ4n) is 1.95. The number of ether oxygens (including phenoxy) is 1. The third kappa shape index (κ3) is 2.84. The molecule has 1 fully saturated rings. The Morgan fingerprint density at radius 3 is 2.81 bits per heavy atom. The molecule has 0 unspecified atom stereocenters. The molecular formula is C12H19NO3. The summed E-state index contributed by atoms with van der Waals surface area (Å²) in [4.78, 5) is 0. The molecule has 4 heteroatoms. The lowest BCUT2D eigenvalue weighted by atomic mass is 9.89. The van der Waals surface area contributed by atoms with Crippen LogP contribution in [0.5, 0.6) is 0 Å². The molecule has 2 N–H and O–H groups in total. The molecule has 0 radical (unpaired) electrons. The molecule has 1 heterocycles. The summed E-state index contributed by atoms with van der Waals surface area (Å²) in [5.41, 5.74) is 0. The molecule has 0 spiro atoms. The number of aliphatic hydroxyl groups excluding tert-OH is 1. The van der Waals surface area contributed by atoms with E-state index in [4.69, 9.17) is 14.3 Å². The van der Waals surface area contributed by atoms with Crippen LogP contribution in [0.3, 0.4) is 0 Å². The van der Waals surface area contributed by atoms with Crippen molar-refractivity contribution in [1.82, 2.24) is 5.32 Å². The molecule has 0 amide bonds. The van der Waals surface area contributed by atoms with E-state index in [9.17, 15) is 0 Å². The molecule has 0 bridgehead atoms. The predicted molar refractivity (Wildman–Crippen MR) is 59.9 cm³/mol. The van der Waals surface area contributed by atoms with Gasteiger partial charge in [-0.05, 0) is 31.9 Å². The summed E-state index contributed by atoms with van der Waals surface area (Å²) in [6.45, 7) is 3.52. The van der Waals surface area contributed by atoms with Crippen molar-refractivity contribution in [3.05, 3.63) is 23.7 Å². The van der Waals surface area contributed by atoms with Crippen molar-refractivity contribution >= 4 is 0 Å². The highest BCUT2D eigenvalue weighted by molar-refractivity contribution is 5.06. The van der Waals surface area contributed by atoms with Crippen LogP contribution in [0.1, 0.15) is 31.3 Å². The Bertz CT molecular complexity index is 318. The van der Waals surface area contributed by atoms with Crippen LogP contribution >= 0.6 is 0 Å². The van der Waals surface area contributed by atoms with E-state index in [1.165, 1.54) is 0 Å². The molecule has 0 saturated heterocycles. The first-order valence-corrected chi connectivity index (χ1v) is 5.85. The summed E-state index contributed by atoms with van der Waals surface area (Å²) < 4.78 is 10.9. The van der Waals surface area contributed by atoms with Gasteiger partial charge in [0.2, 0.25) is 0 Å². The lowest BCUT2D eigenvalue weighted by Gasteiger charge is -2.35. The molecule has 16 heavy (non-hydrogen) atoms. The van der Waals surface area contributed by atoms with Crippen molar-refractivity contribution < 1.29 is 14.3 Å². The van der Waals surface area contributed by atoms with E-state index in [0.29, 0.717) is 17.9 Å². The minimum Gasteiger partial charge on any atom is -0.462 e. The number of rotatable bonds is 6. The lowest BCUT2D eigenvalue weighted by molar-refractivity contribution is -0.0106. The molecule has 1 aromatic heterocycles. The summed E-state index contributed by atoms with van der Waals surface area (Å²) in [5.74, 6) is 1.50. The maximum Gasteiger partial charge on any atom is 0.129 e. The first-order chi connectivity index (χ1) is 7.81. The Labute approximate surface area is 95.6 Å². The van der Waals surface area contributed by atoms with Gasteiger partial charge in [0, 0.05) is 12.6 Å². The third-order valence-corrected chi connectivity index (χ3v) is 2.94. The van der Waals surface area contributed by atoms with Gasteiger partial charge in [-0.15, -0.1) is 0 Å². The molecule has 1 aliphatic rings. The van der Waals surface area contributed by atoms with E-state index in [2.05, 4.69) is 5.32 Å². The van der Waals surface area contributed by atoms with E-state index in [1.807, 2.05) is 13.0 Å². The second-order valence-electron chi connectivity index (χ2n) is 4.15. The van der Waals surface area contributed by atoms with Gasteiger partial charge < -0.3 is 19.6 Å². The minimum atomic E-state index is -0.0319. The van der Waals surface area contributed by atoms with Gasteiger partial charge in [0.15, 0.2) is 0 Å². The van der Waals surface area contributed by atoms with E-state index in [-0.39, 0.29) is 6.61 Å². The first-order valence-electron chi connectivity index (χ1n) is 5.85. The quantitative estimate of drug-likeness (QED) is 0.769. The standard InChI is InChI=1S/C12H19NO3/c1-2-15-12-5-9(6-12)13-7-10-3-4-11(8-14)16-10/h3-4,9,12-14H,2,5-8H2,1H3. The van der Waals surface area contributed by atoms with Crippen molar-refractivity contribution in [2.75, 3.05) is 6.61 Å². The van der Waals surface area contributed by atoms with Crippen LogP contribution in [0.4, 0.5) is 0 Å². The highest BCUT2D eigenvalue weighted by Crippen LogP contribution is 2.23. The van der Waals surface area contributed by atoms with Gasteiger partial charge in [-0.1, -0.05) is 0 Å². The second-order valence-corrected chi connectivity index (χ2v) is 4.15. The average Bonchev–Trinajstić information content (AvgIpc) is 2.69. The summed E-state index contributed by atoms with van der Waals surface area (Å²) in [6.07, 6.45) is 2.61. The van der Waals surface area contributed by atoms with Gasteiger partial charge in [0.25, 0.3) is 0 Å². The van der Waals surface area contributed by atoms with Crippen molar-refractivity contribution in [3.8, 4) is 0 Å². The molecule has 90 valence electrons. The molecule has 2 rings (SSSR count). The highest BCUT2D eigenvalue weighted by atomic mass is 16.5. The third-order valence-electron chi connectivity index (χ3n) is 2.94. The zero-order valence-electron chi connectivity index (χ0n) is 9.61. The molecule has 4 nitrogen and oxygen atoms in total. The Balaban J connectivity index is 1.65. The summed E-state index contributed by atoms with van der Waals surface area (Å²) >= 11 is 0. The number of furan rings is 1. The lowest BCUT2D eigenvalue weighted by Crippen LogP contribution is -2.45. The van der Waals surface area contributed by atoms with Crippen LogP contribution in [0, 0.1) is 0 Å². The summed E-state index contributed by atoms with van der Waals surface area (Å²) in [6, 6.07) is 4.25. The van der Waals surface area contributed by atoms with Gasteiger partial charge in [0.05, 0.1) is 12.6 Å². The first kappa shape index (κ1) is 11.6. The predicted octanol–water partition coefficient (Wildman–Crippen LogP) is 1.43. The van der Waals surface area contributed by atoms with Crippen LogP contribution < -0.4 is 5.32 Å². The average molecular weight is 225 g/mol. The zero-order valence-corrected chi connectivity index (χ0v) is 9.61. The Morgan fingerprint density at radius 1 is 1.44 bits per heavy atom. The van der Waals surface area contributed by atoms with Gasteiger partial charge in [-0.25, -0.2) is 0 Å². The summed E-state index contributed by atoms with van der Waals surface area (Å²) in [5, 5.41) is 12.3. The Morgan fingerprint density at radius 2 is 2.19 bits per heavy atom. The van der Waals surface area contributed by atoms with Crippen molar-refractivity contribution in [2.24, 2.45) is 0 Å². The largest absolute Gasteiger partial charge is 0.462 e. The van der Waals surface area contributed by atoms with Gasteiger partial charge in [-0.2, -0.15) is 0 Å². The highest BCUT2D eigenvalue weighted by Gasteiger charge is 2.28. The molecule has 1 aliphatic carbocycles. The van der Waals surface area contributed by atoms with Crippen LogP contribution in [0.25, 0.3) is 0 Å². The van der Waals surface area contributed by atoms with Gasteiger partial charge >= 0.3 is 0 Å². The fourth-order valence-corrected chi connectivity index (χ4v) is 1.95. The van der Waals surface area contributed by atoms with Crippen molar-refractivity contribution in [2.45, 2.75) is 45.1 Å². The fraction of sp³-hybridized carbons (Fsp3) is 0.667. The minimum absolute atomic E-state index is 0.0319. The molecule has 0 atom stereocenters. The van der Waals surface area contributed by atoms with Crippen LogP contribution in [-0.4, -0.2) is 23.9 Å². The molecular weight excluding hydrogens is 206 g/mol. The van der Waals surface area contributed by atoms with Crippen molar-refractivity contribution in [1.29, 1.82) is 0 Å². The van der Waals surface area contributed by atoms with Crippen molar-refractivity contribution in [3.63, 3.8) is 0 Å². The SMILES string of the molecule is CCOC1CC(NCc2ccc(CO)o2)C1. The molecule has 1 aromatic rings. The maximum absolute atomic E-state index is 8.85. The van der Waals surface area contributed by atoms with E-state index in [1.54, 1.807) is 6.07 Å². The van der Waals surface area contributed by atoms with E-state index in [0.717, 1.165) is 31.8 Å². The number of hydrogen-bond donors (Lipinski definition) is 2. The monoisotopic (exact) mass is 225 g/mol. The van der Waals surface area contributed by atoms with Crippen LogP contribution in [-0.2, 0) is 17.9 Å². The Kier molecular flexibility index (Phi) is 3.98. The second kappa shape index (κ2) is 5.48. The topological polar surface area (TPSA) is 54.6 Å². The normalized spacial score (nSPS) is 24.4. The summed E-state index contributed by atoms with van der Waals surface area (Å²) in [7, 11) is 0. The van der Waals surface area contributed by atoms with Gasteiger partial charge in [0.1, 0.15) is 18.1 Å². The molecule has 1 saturated carbocycles. The van der Waals surface area contributed by atoms with Crippen LogP contribution in [0.15, 0.2) is 16.5 Å².